The molecule has 2 atom stereocenters. The van der Waals surface area contributed by atoms with Gasteiger partial charge in [-0.2, -0.15) is 0 Å². The molecule has 0 aliphatic carbocycles. The van der Waals surface area contributed by atoms with E-state index in [1.807, 2.05) is 30.3 Å². The van der Waals surface area contributed by atoms with Crippen LogP contribution in [0, 0.1) is 5.82 Å². The molecule has 0 bridgehead atoms. The minimum atomic E-state index is -0.422. The molecule has 0 fully saturated rings. The Labute approximate surface area is 135 Å². The predicted octanol–water partition coefficient (Wildman–Crippen LogP) is 2.40. The van der Waals surface area contributed by atoms with Gasteiger partial charge in [-0.15, -0.1) is 0 Å². The van der Waals surface area contributed by atoms with Crippen LogP contribution in [0.25, 0.3) is 0 Å². The zero-order valence-electron chi connectivity index (χ0n) is 13.0. The maximum absolute atomic E-state index is 13.6. The first-order valence-electron chi connectivity index (χ1n) is 7.46. The van der Waals surface area contributed by atoms with Gasteiger partial charge in [-0.25, -0.2) is 4.39 Å². The molecule has 0 aliphatic rings. The Bertz CT molecular complexity index is 630. The number of hydrogen-bond donors (Lipinski definition) is 2. The third-order valence-electron chi connectivity index (χ3n) is 3.63. The number of ether oxygens (including phenoxy) is 1. The highest BCUT2D eigenvalue weighted by molar-refractivity contribution is 5.77. The van der Waals surface area contributed by atoms with Gasteiger partial charge in [0.25, 0.3) is 0 Å². The van der Waals surface area contributed by atoms with Gasteiger partial charge in [-0.3, -0.25) is 4.79 Å². The van der Waals surface area contributed by atoms with Crippen LogP contribution in [0.4, 0.5) is 4.39 Å². The van der Waals surface area contributed by atoms with Gasteiger partial charge in [0.1, 0.15) is 5.82 Å². The van der Waals surface area contributed by atoms with E-state index in [-0.39, 0.29) is 30.8 Å². The smallest absolute Gasteiger partial charge is 0.223 e. The summed E-state index contributed by atoms with van der Waals surface area (Å²) in [6, 6.07) is 15.2. The molecule has 4 nitrogen and oxygen atoms in total. The SMILES string of the molecule is COC(CN)CC(=O)NC(c1ccccc1)c1cccc(F)c1. The highest BCUT2D eigenvalue weighted by atomic mass is 19.1. The van der Waals surface area contributed by atoms with Crippen molar-refractivity contribution >= 4 is 5.91 Å². The summed E-state index contributed by atoms with van der Waals surface area (Å²) in [7, 11) is 1.52. The molecule has 0 saturated heterocycles. The highest BCUT2D eigenvalue weighted by Crippen LogP contribution is 2.22. The van der Waals surface area contributed by atoms with E-state index >= 15 is 0 Å². The highest BCUT2D eigenvalue weighted by Gasteiger charge is 2.19. The Morgan fingerprint density at radius 3 is 2.48 bits per heavy atom. The third kappa shape index (κ3) is 4.87. The van der Waals surface area contributed by atoms with Gasteiger partial charge < -0.3 is 15.8 Å². The first-order chi connectivity index (χ1) is 11.1. The molecule has 23 heavy (non-hydrogen) atoms. The predicted molar refractivity (Wildman–Crippen MR) is 87.3 cm³/mol. The van der Waals surface area contributed by atoms with Crippen molar-refractivity contribution in [2.24, 2.45) is 5.73 Å². The van der Waals surface area contributed by atoms with Gasteiger partial charge >= 0.3 is 0 Å². The number of rotatable bonds is 7. The van der Waals surface area contributed by atoms with E-state index in [4.69, 9.17) is 10.5 Å². The van der Waals surface area contributed by atoms with Crippen LogP contribution in [0.5, 0.6) is 0 Å². The van der Waals surface area contributed by atoms with E-state index in [9.17, 15) is 9.18 Å². The van der Waals surface area contributed by atoms with Crippen molar-refractivity contribution in [3.63, 3.8) is 0 Å². The molecular weight excluding hydrogens is 295 g/mol. The molecule has 0 aromatic heterocycles. The molecule has 1 amide bonds. The summed E-state index contributed by atoms with van der Waals surface area (Å²) in [5.74, 6) is -0.533. The van der Waals surface area contributed by atoms with Crippen molar-refractivity contribution in [3.05, 3.63) is 71.5 Å². The minimum Gasteiger partial charge on any atom is -0.380 e. The minimum absolute atomic E-state index is 0.158. The normalized spacial score (nSPS) is 13.3. The van der Waals surface area contributed by atoms with Crippen LogP contribution in [0.15, 0.2) is 54.6 Å². The van der Waals surface area contributed by atoms with Crippen LogP contribution in [0.2, 0.25) is 0 Å². The number of carbonyl (C=O) groups excluding carboxylic acids is 1. The lowest BCUT2D eigenvalue weighted by atomic mass is 9.98. The zero-order valence-corrected chi connectivity index (χ0v) is 13.0. The van der Waals surface area contributed by atoms with Gasteiger partial charge in [0, 0.05) is 13.7 Å². The second kappa shape index (κ2) is 8.41. The molecule has 2 unspecified atom stereocenters. The van der Waals surface area contributed by atoms with Gasteiger partial charge in [0.15, 0.2) is 0 Å². The molecule has 5 heteroatoms. The number of benzene rings is 2. The number of nitrogens with one attached hydrogen (secondary N) is 1. The van der Waals surface area contributed by atoms with E-state index in [0.717, 1.165) is 5.56 Å². The van der Waals surface area contributed by atoms with E-state index in [0.29, 0.717) is 5.56 Å². The quantitative estimate of drug-likeness (QED) is 0.824. The summed E-state index contributed by atoms with van der Waals surface area (Å²) in [6.45, 7) is 0.264. The maximum Gasteiger partial charge on any atom is 0.223 e. The third-order valence-corrected chi connectivity index (χ3v) is 3.63. The van der Waals surface area contributed by atoms with Gasteiger partial charge in [0.2, 0.25) is 5.91 Å². The van der Waals surface area contributed by atoms with Crippen LogP contribution in [-0.2, 0) is 9.53 Å². The number of nitrogens with two attached hydrogens (primary N) is 1. The van der Waals surface area contributed by atoms with E-state index in [1.54, 1.807) is 12.1 Å². The Morgan fingerprint density at radius 2 is 1.87 bits per heavy atom. The Kier molecular flexibility index (Phi) is 6.26. The fourth-order valence-electron chi connectivity index (χ4n) is 2.38. The molecule has 0 saturated carbocycles. The van der Waals surface area contributed by atoms with Crippen LogP contribution in [0.3, 0.4) is 0 Å². The first-order valence-corrected chi connectivity index (χ1v) is 7.46. The summed E-state index contributed by atoms with van der Waals surface area (Å²) >= 11 is 0. The molecule has 2 aromatic carbocycles. The molecule has 0 spiro atoms. The topological polar surface area (TPSA) is 64.3 Å². The summed E-state index contributed by atoms with van der Waals surface area (Å²) < 4.78 is 18.7. The van der Waals surface area contributed by atoms with Crippen LogP contribution in [0.1, 0.15) is 23.6 Å². The lowest BCUT2D eigenvalue weighted by Crippen LogP contribution is -2.34. The molecular formula is C18H21FN2O2. The molecule has 2 rings (SSSR count). The maximum atomic E-state index is 13.6. The fraction of sp³-hybridized carbons (Fsp3) is 0.278. The molecule has 2 aromatic rings. The Morgan fingerprint density at radius 1 is 1.17 bits per heavy atom. The number of hydrogen-bond acceptors (Lipinski definition) is 3. The molecule has 0 aliphatic heterocycles. The van der Waals surface area contributed by atoms with Gasteiger partial charge in [0.05, 0.1) is 18.6 Å². The van der Waals surface area contributed by atoms with E-state index < -0.39 is 6.04 Å². The van der Waals surface area contributed by atoms with Gasteiger partial charge in [-0.05, 0) is 23.3 Å². The van der Waals surface area contributed by atoms with Crippen LogP contribution in [-0.4, -0.2) is 25.7 Å². The zero-order chi connectivity index (χ0) is 16.7. The number of methoxy groups -OCH3 is 1. The molecule has 122 valence electrons. The average molecular weight is 316 g/mol. The summed E-state index contributed by atoms with van der Waals surface area (Å²) in [5, 5.41) is 2.93. The number of halogens is 1. The second-order valence-corrected chi connectivity index (χ2v) is 5.26. The van der Waals surface area contributed by atoms with Crippen LogP contribution >= 0.6 is 0 Å². The second-order valence-electron chi connectivity index (χ2n) is 5.26. The van der Waals surface area contributed by atoms with Crippen molar-refractivity contribution in [1.29, 1.82) is 0 Å². The standard InChI is InChI=1S/C18H21FN2O2/c1-23-16(12-20)11-17(22)21-18(13-6-3-2-4-7-13)14-8-5-9-15(19)10-14/h2-10,16,18H,11-12,20H2,1H3,(H,21,22). The summed E-state index contributed by atoms with van der Waals surface area (Å²) in [6.07, 6.45) is -0.176. The van der Waals surface area contributed by atoms with E-state index in [1.165, 1.54) is 19.2 Å². The number of amides is 1. The average Bonchev–Trinajstić information content (AvgIpc) is 2.58. The van der Waals surface area contributed by atoms with Gasteiger partial charge in [-0.1, -0.05) is 42.5 Å². The fourth-order valence-corrected chi connectivity index (χ4v) is 2.38. The first kappa shape index (κ1) is 17.1. The summed E-state index contributed by atoms with van der Waals surface area (Å²) in [4.78, 5) is 12.3. The molecule has 0 heterocycles. The lowest BCUT2D eigenvalue weighted by Gasteiger charge is -2.21. The van der Waals surface area contributed by atoms with Crippen LogP contribution < -0.4 is 11.1 Å². The van der Waals surface area contributed by atoms with Crippen molar-refractivity contribution in [1.82, 2.24) is 5.32 Å². The Hall–Kier alpha value is -2.24. The lowest BCUT2D eigenvalue weighted by molar-refractivity contribution is -0.123. The van der Waals surface area contributed by atoms with Crippen molar-refractivity contribution in [2.75, 3.05) is 13.7 Å². The Balaban J connectivity index is 2.23. The van der Waals surface area contributed by atoms with E-state index in [2.05, 4.69) is 5.32 Å². The summed E-state index contributed by atoms with van der Waals surface area (Å²) in [5.41, 5.74) is 7.12. The largest absolute Gasteiger partial charge is 0.380 e. The monoisotopic (exact) mass is 316 g/mol. The van der Waals surface area contributed by atoms with Crippen molar-refractivity contribution in [3.8, 4) is 0 Å². The van der Waals surface area contributed by atoms with Crippen molar-refractivity contribution < 1.29 is 13.9 Å². The molecule has 3 N–H and O–H groups in total. The van der Waals surface area contributed by atoms with Crippen molar-refractivity contribution in [2.45, 2.75) is 18.6 Å². The number of carbonyl (C=O) groups is 1. The molecule has 0 radical (unpaired) electrons.